The zero-order valence-electron chi connectivity index (χ0n) is 18.1. The predicted molar refractivity (Wildman–Crippen MR) is 119 cm³/mol. The smallest absolute Gasteiger partial charge is 0.332 e. The highest BCUT2D eigenvalue weighted by molar-refractivity contribution is 5.88. The van der Waals surface area contributed by atoms with Gasteiger partial charge in [-0.2, -0.15) is 0 Å². The Morgan fingerprint density at radius 2 is 1.20 bits per heavy atom. The standard InChI is InChI=1S/C20H19N5O10/c26-19(35-12-13-14(22(27)28)6-4-7-15(13)23(29)30)20(10-2-1-3-11-20)21-18-16(24(31)32)8-5-9-17(18)25(33)34/h4-9,21H,1-3,10-12H2. The van der Waals surface area contributed by atoms with Gasteiger partial charge in [-0.15, -0.1) is 0 Å². The van der Waals surface area contributed by atoms with Crippen LogP contribution in [-0.2, 0) is 16.1 Å². The second-order valence-electron chi connectivity index (χ2n) is 7.82. The van der Waals surface area contributed by atoms with Crippen molar-refractivity contribution in [3.8, 4) is 0 Å². The highest BCUT2D eigenvalue weighted by Crippen LogP contribution is 2.41. The molecule has 0 unspecified atom stereocenters. The summed E-state index contributed by atoms with van der Waals surface area (Å²) in [5, 5.41) is 48.4. The number of para-hydroxylation sites is 1. The fourth-order valence-electron chi connectivity index (χ4n) is 4.06. The lowest BCUT2D eigenvalue weighted by molar-refractivity contribution is -0.396. The summed E-state index contributed by atoms with van der Waals surface area (Å²) in [5.74, 6) is -0.989. The summed E-state index contributed by atoms with van der Waals surface area (Å²) in [6.07, 6.45) is 1.91. The Bertz CT molecular complexity index is 1140. The number of anilines is 1. The summed E-state index contributed by atoms with van der Waals surface area (Å²) in [6, 6.07) is 6.42. The fraction of sp³-hybridized carbons (Fsp3) is 0.350. The molecule has 0 aromatic heterocycles. The zero-order valence-corrected chi connectivity index (χ0v) is 18.1. The Labute approximate surface area is 196 Å². The van der Waals surface area contributed by atoms with Crippen molar-refractivity contribution in [3.63, 3.8) is 0 Å². The minimum absolute atomic E-state index is 0.105. The Kier molecular flexibility index (Phi) is 7.17. The van der Waals surface area contributed by atoms with Crippen molar-refractivity contribution >= 4 is 34.4 Å². The van der Waals surface area contributed by atoms with Crippen LogP contribution in [0.25, 0.3) is 0 Å². The van der Waals surface area contributed by atoms with Gasteiger partial charge in [0.15, 0.2) is 5.69 Å². The van der Waals surface area contributed by atoms with E-state index in [0.29, 0.717) is 12.8 Å². The van der Waals surface area contributed by atoms with Crippen LogP contribution in [0, 0.1) is 40.5 Å². The van der Waals surface area contributed by atoms with Gasteiger partial charge in [0, 0.05) is 24.3 Å². The maximum atomic E-state index is 13.3. The molecule has 0 heterocycles. The second kappa shape index (κ2) is 10.1. The highest BCUT2D eigenvalue weighted by atomic mass is 16.6. The lowest BCUT2D eigenvalue weighted by atomic mass is 9.81. The number of carbonyl (C=O) groups is 1. The maximum Gasteiger partial charge on any atom is 0.332 e. The highest BCUT2D eigenvalue weighted by Gasteiger charge is 2.44. The topological polar surface area (TPSA) is 211 Å². The lowest BCUT2D eigenvalue weighted by Crippen LogP contribution is -2.49. The molecule has 0 aliphatic heterocycles. The van der Waals surface area contributed by atoms with Crippen LogP contribution in [0.2, 0.25) is 0 Å². The van der Waals surface area contributed by atoms with Crippen LogP contribution in [0.4, 0.5) is 28.4 Å². The summed E-state index contributed by atoms with van der Waals surface area (Å²) < 4.78 is 5.28. The summed E-state index contributed by atoms with van der Waals surface area (Å²) in [4.78, 5) is 55.7. The number of ether oxygens (including phenoxy) is 1. The minimum atomic E-state index is -1.62. The summed E-state index contributed by atoms with van der Waals surface area (Å²) in [7, 11) is 0. The number of nitrogens with one attached hydrogen (secondary N) is 1. The molecule has 0 atom stereocenters. The van der Waals surface area contributed by atoms with E-state index in [9.17, 15) is 45.3 Å². The van der Waals surface area contributed by atoms with Crippen LogP contribution >= 0.6 is 0 Å². The van der Waals surface area contributed by atoms with Crippen LogP contribution in [0.1, 0.15) is 37.7 Å². The third-order valence-electron chi connectivity index (χ3n) is 5.74. The van der Waals surface area contributed by atoms with Crippen LogP contribution in [0.5, 0.6) is 0 Å². The molecule has 1 fully saturated rings. The molecule has 0 spiro atoms. The molecule has 1 saturated carbocycles. The van der Waals surface area contributed by atoms with E-state index in [0.717, 1.165) is 42.8 Å². The first kappa shape index (κ1) is 24.9. The third kappa shape index (κ3) is 5.13. The number of benzene rings is 2. The molecular weight excluding hydrogens is 470 g/mol. The van der Waals surface area contributed by atoms with Gasteiger partial charge < -0.3 is 10.1 Å². The average molecular weight is 489 g/mol. The Morgan fingerprint density at radius 3 is 1.63 bits per heavy atom. The van der Waals surface area contributed by atoms with E-state index in [1.165, 1.54) is 0 Å². The van der Waals surface area contributed by atoms with Crippen LogP contribution in [0.3, 0.4) is 0 Å². The van der Waals surface area contributed by atoms with Crippen molar-refractivity contribution < 1.29 is 29.2 Å². The number of hydrogen-bond acceptors (Lipinski definition) is 11. The first-order valence-electron chi connectivity index (χ1n) is 10.4. The number of nitro groups is 4. The van der Waals surface area contributed by atoms with Gasteiger partial charge in [0.05, 0.1) is 19.7 Å². The first-order valence-corrected chi connectivity index (χ1v) is 10.4. The molecular formula is C20H19N5O10. The first-order chi connectivity index (χ1) is 16.6. The van der Waals surface area contributed by atoms with Gasteiger partial charge in [-0.05, 0) is 25.0 Å². The molecule has 0 bridgehead atoms. The predicted octanol–water partition coefficient (Wildman–Crippen LogP) is 4.18. The molecule has 15 heteroatoms. The van der Waals surface area contributed by atoms with Crippen molar-refractivity contribution in [3.05, 3.63) is 82.4 Å². The maximum absolute atomic E-state index is 13.3. The molecule has 1 aliphatic carbocycles. The van der Waals surface area contributed by atoms with E-state index in [1.807, 2.05) is 0 Å². The van der Waals surface area contributed by atoms with E-state index in [2.05, 4.69) is 5.32 Å². The summed E-state index contributed by atoms with van der Waals surface area (Å²) in [6.45, 7) is -0.811. The number of carbonyl (C=O) groups excluding carboxylic acids is 1. The quantitative estimate of drug-likeness (QED) is 0.300. The van der Waals surface area contributed by atoms with Crippen molar-refractivity contribution in [2.24, 2.45) is 0 Å². The Balaban J connectivity index is 1.99. The molecule has 184 valence electrons. The van der Waals surface area contributed by atoms with Crippen molar-refractivity contribution in [2.75, 3.05) is 5.32 Å². The van der Waals surface area contributed by atoms with E-state index in [-0.39, 0.29) is 12.8 Å². The molecule has 0 saturated heterocycles. The van der Waals surface area contributed by atoms with Crippen molar-refractivity contribution in [1.29, 1.82) is 0 Å². The molecule has 0 radical (unpaired) electrons. The third-order valence-corrected chi connectivity index (χ3v) is 5.74. The normalized spacial score (nSPS) is 14.5. The van der Waals surface area contributed by atoms with Crippen LogP contribution < -0.4 is 5.32 Å². The average Bonchev–Trinajstić information content (AvgIpc) is 2.82. The van der Waals surface area contributed by atoms with Gasteiger partial charge in [-0.1, -0.05) is 19.3 Å². The minimum Gasteiger partial charge on any atom is -0.459 e. The number of rotatable bonds is 9. The van der Waals surface area contributed by atoms with Gasteiger partial charge in [0.1, 0.15) is 17.7 Å². The van der Waals surface area contributed by atoms with Gasteiger partial charge in [-0.3, -0.25) is 40.5 Å². The summed E-state index contributed by atoms with van der Waals surface area (Å²) in [5.41, 5.74) is -5.00. The van der Waals surface area contributed by atoms with E-state index in [4.69, 9.17) is 4.74 Å². The van der Waals surface area contributed by atoms with Gasteiger partial charge >= 0.3 is 5.97 Å². The molecule has 0 amide bonds. The number of hydrogen-bond donors (Lipinski definition) is 1. The number of nitro benzene ring substituents is 4. The van der Waals surface area contributed by atoms with Gasteiger partial charge in [-0.25, -0.2) is 4.79 Å². The zero-order chi connectivity index (χ0) is 25.8. The fourth-order valence-corrected chi connectivity index (χ4v) is 4.06. The van der Waals surface area contributed by atoms with Gasteiger partial charge in [0.25, 0.3) is 22.7 Å². The molecule has 1 N–H and O–H groups in total. The molecule has 3 rings (SSSR count). The summed E-state index contributed by atoms with van der Waals surface area (Å²) >= 11 is 0. The Hall–Kier alpha value is -4.69. The van der Waals surface area contributed by atoms with E-state index < -0.39 is 71.8 Å². The van der Waals surface area contributed by atoms with Crippen molar-refractivity contribution in [2.45, 2.75) is 44.2 Å². The number of nitrogens with zero attached hydrogens (tertiary/aromatic N) is 4. The van der Waals surface area contributed by atoms with E-state index in [1.54, 1.807) is 0 Å². The Morgan fingerprint density at radius 1 is 0.771 bits per heavy atom. The molecule has 1 aliphatic rings. The molecule has 2 aromatic carbocycles. The molecule has 2 aromatic rings. The van der Waals surface area contributed by atoms with Crippen molar-refractivity contribution in [1.82, 2.24) is 0 Å². The van der Waals surface area contributed by atoms with E-state index >= 15 is 0 Å². The second-order valence-corrected chi connectivity index (χ2v) is 7.82. The van der Waals surface area contributed by atoms with Crippen LogP contribution in [0.15, 0.2) is 36.4 Å². The monoisotopic (exact) mass is 489 g/mol. The SMILES string of the molecule is O=C(OCc1c([N+](=O)[O-])cccc1[N+](=O)[O-])C1(Nc2c([N+](=O)[O-])cccc2[N+](=O)[O-])CCCCC1. The number of esters is 1. The van der Waals surface area contributed by atoms with Crippen LogP contribution in [-0.4, -0.2) is 31.2 Å². The lowest BCUT2D eigenvalue weighted by Gasteiger charge is -2.36. The molecule has 15 nitrogen and oxygen atoms in total. The largest absolute Gasteiger partial charge is 0.459 e. The molecule has 35 heavy (non-hydrogen) atoms. The van der Waals surface area contributed by atoms with Gasteiger partial charge in [0.2, 0.25) is 0 Å².